The van der Waals surface area contributed by atoms with Crippen molar-refractivity contribution in [3.8, 4) is 0 Å². The van der Waals surface area contributed by atoms with Gasteiger partial charge >= 0.3 is 0 Å². The van der Waals surface area contributed by atoms with Crippen LogP contribution in [0.2, 0.25) is 0 Å². The van der Waals surface area contributed by atoms with E-state index in [1.54, 1.807) is 49.5 Å². The van der Waals surface area contributed by atoms with Gasteiger partial charge in [0.1, 0.15) is 0 Å². The van der Waals surface area contributed by atoms with Crippen molar-refractivity contribution in [1.29, 1.82) is 0 Å². The summed E-state index contributed by atoms with van der Waals surface area (Å²) in [5.74, 6) is -0.143. The van der Waals surface area contributed by atoms with E-state index in [1.165, 1.54) is 16.3 Å². The molecule has 2 aromatic rings. The van der Waals surface area contributed by atoms with Gasteiger partial charge in [0.25, 0.3) is 5.91 Å². The number of benzene rings is 2. The van der Waals surface area contributed by atoms with Gasteiger partial charge in [-0.2, -0.15) is 0 Å². The lowest BCUT2D eigenvalue weighted by atomic mass is 10.2. The van der Waals surface area contributed by atoms with Crippen molar-refractivity contribution >= 4 is 43.2 Å². The molecule has 7 heteroatoms. The Morgan fingerprint density at radius 1 is 1.00 bits per heavy atom. The van der Waals surface area contributed by atoms with Crippen molar-refractivity contribution in [2.45, 2.75) is 0 Å². The van der Waals surface area contributed by atoms with Crippen LogP contribution in [0.1, 0.15) is 10.4 Å². The zero-order chi connectivity index (χ0) is 17.2. The maximum atomic E-state index is 12.5. The molecule has 0 saturated heterocycles. The highest BCUT2D eigenvalue weighted by atomic mass is 79.9. The molecule has 0 fully saturated rings. The first kappa shape index (κ1) is 17.5. The van der Waals surface area contributed by atoms with Crippen LogP contribution < -0.4 is 9.21 Å². The van der Waals surface area contributed by atoms with Gasteiger partial charge in [0.2, 0.25) is 10.0 Å². The maximum Gasteiger partial charge on any atom is 0.258 e. The van der Waals surface area contributed by atoms with E-state index in [0.29, 0.717) is 16.9 Å². The van der Waals surface area contributed by atoms with E-state index in [9.17, 15) is 13.2 Å². The second-order valence-corrected chi connectivity index (χ2v) is 8.05. The fraction of sp³-hybridized carbons (Fsp3) is 0.188. The molecule has 5 nitrogen and oxygen atoms in total. The summed E-state index contributed by atoms with van der Waals surface area (Å²) in [4.78, 5) is 14.0. The molecule has 1 amide bonds. The number of amides is 1. The number of rotatable bonds is 4. The third-order valence-electron chi connectivity index (χ3n) is 3.47. The molecule has 0 atom stereocenters. The van der Waals surface area contributed by atoms with Crippen LogP contribution in [0, 0.1) is 0 Å². The number of hydrogen-bond acceptors (Lipinski definition) is 3. The molecule has 0 aliphatic heterocycles. The summed E-state index contributed by atoms with van der Waals surface area (Å²) < 4.78 is 25.1. The van der Waals surface area contributed by atoms with Gasteiger partial charge in [-0.3, -0.25) is 9.10 Å². The molecule has 0 heterocycles. The van der Waals surface area contributed by atoms with E-state index < -0.39 is 10.0 Å². The zero-order valence-electron chi connectivity index (χ0n) is 13.0. The van der Waals surface area contributed by atoms with Gasteiger partial charge in [-0.15, -0.1) is 0 Å². The topological polar surface area (TPSA) is 57.7 Å². The Labute approximate surface area is 144 Å². The first-order valence-corrected chi connectivity index (χ1v) is 9.42. The molecule has 0 aromatic heterocycles. The van der Waals surface area contributed by atoms with E-state index in [2.05, 4.69) is 15.9 Å². The third kappa shape index (κ3) is 4.11. The summed E-state index contributed by atoms with van der Waals surface area (Å²) in [5.41, 5.74) is 1.79. The van der Waals surface area contributed by atoms with Crippen molar-refractivity contribution in [3.05, 3.63) is 58.6 Å². The van der Waals surface area contributed by atoms with Crippen LogP contribution in [0.3, 0.4) is 0 Å². The Kier molecular flexibility index (Phi) is 5.11. The lowest BCUT2D eigenvalue weighted by Crippen LogP contribution is -2.27. The minimum atomic E-state index is -3.31. The van der Waals surface area contributed by atoms with Crippen LogP contribution >= 0.6 is 15.9 Å². The normalized spacial score (nSPS) is 11.1. The first-order chi connectivity index (χ1) is 10.7. The maximum absolute atomic E-state index is 12.5. The monoisotopic (exact) mass is 396 g/mol. The number of halogens is 1. The van der Waals surface area contributed by atoms with Crippen molar-refractivity contribution < 1.29 is 13.2 Å². The van der Waals surface area contributed by atoms with Gasteiger partial charge < -0.3 is 4.90 Å². The summed E-state index contributed by atoms with van der Waals surface area (Å²) >= 11 is 3.35. The summed E-state index contributed by atoms with van der Waals surface area (Å²) in [6.45, 7) is 0. The third-order valence-corrected chi connectivity index (χ3v) is 5.17. The predicted molar refractivity (Wildman–Crippen MR) is 96.6 cm³/mol. The van der Waals surface area contributed by atoms with Crippen molar-refractivity contribution in [2.75, 3.05) is 29.6 Å². The van der Waals surface area contributed by atoms with E-state index in [0.717, 1.165) is 10.7 Å². The molecule has 2 rings (SSSR count). The molecule has 0 bridgehead atoms. The lowest BCUT2D eigenvalue weighted by Gasteiger charge is -2.20. The van der Waals surface area contributed by atoms with Gasteiger partial charge in [-0.05, 0) is 42.5 Å². The molecule has 0 radical (unpaired) electrons. The first-order valence-electron chi connectivity index (χ1n) is 6.78. The van der Waals surface area contributed by atoms with E-state index >= 15 is 0 Å². The van der Waals surface area contributed by atoms with Crippen LogP contribution in [0.25, 0.3) is 0 Å². The standard InChI is InChI=1S/C16H17BrN2O3S/c1-18(16(20)12-5-4-6-13(17)11-12)14-7-9-15(10-8-14)19(2)23(3,21)22/h4-11H,1-3H3. The van der Waals surface area contributed by atoms with Crippen molar-refractivity contribution in [1.82, 2.24) is 0 Å². The number of nitrogens with zero attached hydrogens (tertiary/aromatic N) is 2. The quantitative estimate of drug-likeness (QED) is 0.797. The fourth-order valence-corrected chi connectivity index (χ4v) is 2.91. The Morgan fingerprint density at radius 2 is 1.57 bits per heavy atom. The van der Waals surface area contributed by atoms with Gasteiger partial charge in [-0.1, -0.05) is 22.0 Å². The molecule has 2 aromatic carbocycles. The Bertz CT molecular complexity index is 819. The van der Waals surface area contributed by atoms with Crippen LogP contribution in [-0.2, 0) is 10.0 Å². The van der Waals surface area contributed by atoms with Crippen LogP contribution in [0.15, 0.2) is 53.0 Å². The molecule has 0 spiro atoms. The highest BCUT2D eigenvalue weighted by Crippen LogP contribution is 2.22. The minimum absolute atomic E-state index is 0.143. The number of anilines is 2. The summed E-state index contributed by atoms with van der Waals surface area (Å²) in [6.07, 6.45) is 1.14. The van der Waals surface area contributed by atoms with Crippen molar-refractivity contribution in [2.24, 2.45) is 0 Å². The Morgan fingerprint density at radius 3 is 2.09 bits per heavy atom. The number of hydrogen-bond donors (Lipinski definition) is 0. The molecule has 0 unspecified atom stereocenters. The number of carbonyl (C=O) groups is 1. The minimum Gasteiger partial charge on any atom is -0.311 e. The van der Waals surface area contributed by atoms with E-state index in [4.69, 9.17) is 0 Å². The molecular formula is C16H17BrN2O3S. The summed E-state index contributed by atoms with van der Waals surface area (Å²) in [7, 11) is -0.140. The Balaban J connectivity index is 2.24. The highest BCUT2D eigenvalue weighted by molar-refractivity contribution is 9.10. The van der Waals surface area contributed by atoms with Gasteiger partial charge in [0, 0.05) is 29.8 Å². The second kappa shape index (κ2) is 6.72. The molecule has 0 N–H and O–H groups in total. The SMILES string of the molecule is CN(C(=O)c1cccc(Br)c1)c1ccc(N(C)S(C)(=O)=O)cc1. The van der Waals surface area contributed by atoms with Crippen LogP contribution in [-0.4, -0.2) is 34.7 Å². The molecule has 23 heavy (non-hydrogen) atoms. The largest absolute Gasteiger partial charge is 0.311 e. The average molecular weight is 397 g/mol. The number of sulfonamides is 1. The predicted octanol–water partition coefficient (Wildman–Crippen LogP) is 3.12. The molecular weight excluding hydrogens is 380 g/mol. The smallest absolute Gasteiger partial charge is 0.258 e. The summed E-state index contributed by atoms with van der Waals surface area (Å²) in [5, 5.41) is 0. The van der Waals surface area contributed by atoms with Gasteiger partial charge in [0.15, 0.2) is 0 Å². The van der Waals surface area contributed by atoms with Crippen LogP contribution in [0.5, 0.6) is 0 Å². The highest BCUT2D eigenvalue weighted by Gasteiger charge is 2.15. The van der Waals surface area contributed by atoms with Gasteiger partial charge in [0.05, 0.1) is 11.9 Å². The molecule has 0 saturated carbocycles. The van der Waals surface area contributed by atoms with Crippen LogP contribution in [0.4, 0.5) is 11.4 Å². The molecule has 122 valence electrons. The van der Waals surface area contributed by atoms with E-state index in [-0.39, 0.29) is 5.91 Å². The van der Waals surface area contributed by atoms with Gasteiger partial charge in [-0.25, -0.2) is 8.42 Å². The molecule has 0 aliphatic carbocycles. The van der Waals surface area contributed by atoms with E-state index in [1.807, 2.05) is 6.07 Å². The second-order valence-electron chi connectivity index (χ2n) is 5.12. The summed E-state index contributed by atoms with van der Waals surface area (Å²) in [6, 6.07) is 13.9. The van der Waals surface area contributed by atoms with Crippen molar-refractivity contribution in [3.63, 3.8) is 0 Å². The zero-order valence-corrected chi connectivity index (χ0v) is 15.4. The number of carbonyl (C=O) groups excluding carboxylic acids is 1. The lowest BCUT2D eigenvalue weighted by molar-refractivity contribution is 0.0993. The average Bonchev–Trinajstić information content (AvgIpc) is 2.52. The fourth-order valence-electron chi connectivity index (χ4n) is 2.01. The molecule has 0 aliphatic rings. The Hall–Kier alpha value is -1.86.